The molecule has 5 rings (SSSR count). The fraction of sp³-hybridized carbons (Fsp3) is 0.0952. The van der Waals surface area contributed by atoms with Crippen LogP contribution in [0.15, 0.2) is 81.0 Å². The van der Waals surface area contributed by atoms with Gasteiger partial charge in [-0.3, -0.25) is 4.98 Å². The van der Waals surface area contributed by atoms with Gasteiger partial charge >= 0.3 is 0 Å². The minimum Gasteiger partial charge on any atom is -0.301 e. The highest BCUT2D eigenvalue weighted by Gasteiger charge is 2.41. The van der Waals surface area contributed by atoms with Crippen LogP contribution in [0.25, 0.3) is 5.69 Å². The zero-order chi connectivity index (χ0) is 20.1. The standard InChI is InChI=1S/C21H14Cl3N5/c1-12-17-18(16-9-5-6-10-25-16)28-19(24)14(22)11-15(23)20(28)26-21(17)29(27-12)13-7-3-2-4-8-13/h2-11,18H,1H3/t18-/m0/s1. The van der Waals surface area contributed by atoms with E-state index in [1.807, 2.05) is 65.0 Å². The van der Waals surface area contributed by atoms with Crippen molar-refractivity contribution in [3.8, 4) is 5.69 Å². The number of allylic oxidation sites excluding steroid dienone is 2. The second-order valence-electron chi connectivity index (χ2n) is 6.66. The number of hydrogen-bond donors (Lipinski definition) is 0. The largest absolute Gasteiger partial charge is 0.301 e. The summed E-state index contributed by atoms with van der Waals surface area (Å²) in [5.74, 6) is 1.21. The molecule has 0 spiro atoms. The molecule has 144 valence electrons. The lowest BCUT2D eigenvalue weighted by atomic mass is 9.98. The Labute approximate surface area is 182 Å². The second-order valence-corrected chi connectivity index (χ2v) is 7.84. The monoisotopic (exact) mass is 441 g/mol. The smallest absolute Gasteiger partial charge is 0.164 e. The van der Waals surface area contributed by atoms with Crippen LogP contribution in [-0.4, -0.2) is 25.5 Å². The molecule has 0 fully saturated rings. The number of aryl methyl sites for hydroxylation is 1. The topological polar surface area (TPSA) is 46.3 Å². The average Bonchev–Trinajstić information content (AvgIpc) is 3.08. The van der Waals surface area contributed by atoms with Gasteiger partial charge in [0, 0.05) is 11.8 Å². The normalized spacial score (nSPS) is 18.2. The number of pyridine rings is 1. The van der Waals surface area contributed by atoms with E-state index < -0.39 is 0 Å². The van der Waals surface area contributed by atoms with Crippen molar-refractivity contribution in [3.63, 3.8) is 0 Å². The molecule has 0 aliphatic carbocycles. The number of aromatic nitrogens is 3. The van der Waals surface area contributed by atoms with Crippen LogP contribution in [-0.2, 0) is 0 Å². The molecule has 1 atom stereocenters. The molecule has 1 aromatic carbocycles. The van der Waals surface area contributed by atoms with Crippen molar-refractivity contribution in [2.24, 2.45) is 4.99 Å². The molecule has 0 saturated heterocycles. The maximum Gasteiger partial charge on any atom is 0.164 e. The molecule has 0 N–H and O–H groups in total. The van der Waals surface area contributed by atoms with Gasteiger partial charge in [0.25, 0.3) is 0 Å². The van der Waals surface area contributed by atoms with Gasteiger partial charge in [-0.25, -0.2) is 9.67 Å². The summed E-state index contributed by atoms with van der Waals surface area (Å²) < 4.78 is 1.82. The summed E-state index contributed by atoms with van der Waals surface area (Å²) in [4.78, 5) is 11.2. The van der Waals surface area contributed by atoms with Crippen molar-refractivity contribution in [1.29, 1.82) is 0 Å². The third-order valence-electron chi connectivity index (χ3n) is 4.90. The number of halogens is 3. The molecule has 0 bridgehead atoms. The van der Waals surface area contributed by atoms with Crippen LogP contribution >= 0.6 is 34.8 Å². The van der Waals surface area contributed by atoms with Gasteiger partial charge in [0.2, 0.25) is 0 Å². The van der Waals surface area contributed by atoms with Gasteiger partial charge < -0.3 is 4.90 Å². The van der Waals surface area contributed by atoms with E-state index in [0.29, 0.717) is 26.9 Å². The van der Waals surface area contributed by atoms with Crippen molar-refractivity contribution < 1.29 is 0 Å². The van der Waals surface area contributed by atoms with Crippen LogP contribution in [0.4, 0.5) is 5.82 Å². The van der Waals surface area contributed by atoms with Gasteiger partial charge in [-0.15, -0.1) is 0 Å². The molecule has 0 radical (unpaired) electrons. The minimum absolute atomic E-state index is 0.350. The molecule has 2 aliphatic heterocycles. The summed E-state index contributed by atoms with van der Waals surface area (Å²) in [5.41, 5.74) is 3.44. The van der Waals surface area contributed by atoms with Crippen LogP contribution in [0, 0.1) is 6.92 Å². The predicted octanol–water partition coefficient (Wildman–Crippen LogP) is 5.79. The molecule has 0 saturated carbocycles. The van der Waals surface area contributed by atoms with E-state index in [-0.39, 0.29) is 6.04 Å². The highest BCUT2D eigenvalue weighted by molar-refractivity contribution is 6.49. The van der Waals surface area contributed by atoms with Crippen molar-refractivity contribution in [2.45, 2.75) is 13.0 Å². The number of para-hydroxylation sites is 1. The number of aliphatic imine (C=N–C) groups is 1. The van der Waals surface area contributed by atoms with Crippen molar-refractivity contribution in [1.82, 2.24) is 19.7 Å². The first-order valence-electron chi connectivity index (χ1n) is 8.93. The van der Waals surface area contributed by atoms with Crippen LogP contribution in [0.3, 0.4) is 0 Å². The number of fused-ring (bicyclic) bond motifs is 2. The van der Waals surface area contributed by atoms with Crippen LogP contribution in [0.1, 0.15) is 23.0 Å². The summed E-state index contributed by atoms with van der Waals surface area (Å²) in [6, 6.07) is 15.2. The molecule has 3 aromatic rings. The fourth-order valence-corrected chi connectivity index (χ4v) is 4.38. The summed E-state index contributed by atoms with van der Waals surface area (Å²) in [7, 11) is 0. The Morgan fingerprint density at radius 1 is 0.966 bits per heavy atom. The lowest BCUT2D eigenvalue weighted by molar-refractivity contribution is 0.439. The maximum atomic E-state index is 6.63. The van der Waals surface area contributed by atoms with E-state index in [1.54, 1.807) is 12.3 Å². The fourth-order valence-electron chi connectivity index (χ4n) is 3.65. The van der Waals surface area contributed by atoms with E-state index in [0.717, 1.165) is 22.6 Å². The van der Waals surface area contributed by atoms with Crippen molar-refractivity contribution in [3.05, 3.63) is 93.0 Å². The van der Waals surface area contributed by atoms with Gasteiger partial charge in [-0.2, -0.15) is 5.10 Å². The summed E-state index contributed by atoms with van der Waals surface area (Å²) >= 11 is 19.5. The van der Waals surface area contributed by atoms with E-state index in [1.165, 1.54) is 0 Å². The molecule has 8 heteroatoms. The number of rotatable bonds is 2. The number of nitrogens with zero attached hydrogens (tertiary/aromatic N) is 5. The highest BCUT2D eigenvalue weighted by Crippen LogP contribution is 2.47. The Kier molecular flexibility index (Phi) is 4.46. The van der Waals surface area contributed by atoms with Gasteiger partial charge in [0.1, 0.15) is 11.2 Å². The molecule has 4 heterocycles. The third-order valence-corrected chi connectivity index (χ3v) is 5.95. The zero-order valence-corrected chi connectivity index (χ0v) is 17.5. The Bertz CT molecular complexity index is 1200. The van der Waals surface area contributed by atoms with Gasteiger partial charge in [-0.05, 0) is 37.3 Å². The van der Waals surface area contributed by atoms with E-state index in [4.69, 9.17) is 44.9 Å². The van der Waals surface area contributed by atoms with Gasteiger partial charge in [0.15, 0.2) is 11.7 Å². The molecular weight excluding hydrogens is 429 g/mol. The quantitative estimate of drug-likeness (QED) is 0.472. The first-order chi connectivity index (χ1) is 14.1. The predicted molar refractivity (Wildman–Crippen MR) is 116 cm³/mol. The van der Waals surface area contributed by atoms with Crippen molar-refractivity contribution in [2.75, 3.05) is 0 Å². The molecule has 2 aliphatic rings. The van der Waals surface area contributed by atoms with Crippen LogP contribution in [0.5, 0.6) is 0 Å². The maximum absolute atomic E-state index is 6.63. The van der Waals surface area contributed by atoms with Gasteiger partial charge in [-0.1, -0.05) is 59.1 Å². The molecule has 5 nitrogen and oxygen atoms in total. The van der Waals surface area contributed by atoms with Crippen LogP contribution < -0.4 is 0 Å². The Morgan fingerprint density at radius 3 is 2.45 bits per heavy atom. The number of benzene rings is 1. The SMILES string of the molecule is Cc1nn(-c2ccccc2)c2c1[C@H](c1ccccn1)N1C(=N2)C(Cl)=CC(Cl)=C1Cl. The van der Waals surface area contributed by atoms with Crippen molar-refractivity contribution >= 4 is 46.5 Å². The second kappa shape index (κ2) is 7.02. The Morgan fingerprint density at radius 2 is 1.72 bits per heavy atom. The Hall–Kier alpha value is -2.60. The average molecular weight is 443 g/mol. The molecule has 2 aromatic heterocycles. The van der Waals surface area contributed by atoms with E-state index in [9.17, 15) is 0 Å². The van der Waals surface area contributed by atoms with E-state index >= 15 is 0 Å². The molecule has 0 amide bonds. The first-order valence-corrected chi connectivity index (χ1v) is 10.1. The molecule has 0 unspecified atom stereocenters. The summed E-state index contributed by atoms with van der Waals surface area (Å²) in [6.45, 7) is 1.95. The van der Waals surface area contributed by atoms with Gasteiger partial charge in [0.05, 0.1) is 27.1 Å². The van der Waals surface area contributed by atoms with E-state index in [2.05, 4.69) is 4.98 Å². The number of amidine groups is 1. The van der Waals surface area contributed by atoms with Crippen LogP contribution in [0.2, 0.25) is 0 Å². The summed E-state index contributed by atoms with van der Waals surface area (Å²) in [5, 5.41) is 5.88. The first kappa shape index (κ1) is 18.4. The minimum atomic E-state index is -0.361. The Balaban J connectivity index is 1.82. The lowest BCUT2D eigenvalue weighted by Crippen LogP contribution is -2.38. The zero-order valence-electron chi connectivity index (χ0n) is 15.2. The molecular formula is C21H14Cl3N5. The highest BCUT2D eigenvalue weighted by atomic mass is 35.5. The number of hydrogen-bond acceptors (Lipinski definition) is 4. The lowest BCUT2D eigenvalue weighted by Gasteiger charge is -2.38. The summed E-state index contributed by atoms with van der Waals surface area (Å²) in [6.07, 6.45) is 3.36. The third kappa shape index (κ3) is 2.89. The molecule has 29 heavy (non-hydrogen) atoms.